The summed E-state index contributed by atoms with van der Waals surface area (Å²) >= 11 is 5.89. The maximum Gasteiger partial charge on any atom is 0.348 e. The molecule has 1 aromatic rings. The quantitative estimate of drug-likeness (QED) is 0.525. The number of benzene rings is 1. The van der Waals surface area contributed by atoms with Crippen molar-refractivity contribution in [2.24, 2.45) is 0 Å². The molecule has 1 aromatic carbocycles. The summed E-state index contributed by atoms with van der Waals surface area (Å²) < 4.78 is 4.42. The van der Waals surface area contributed by atoms with E-state index in [-0.39, 0.29) is 16.1 Å². The van der Waals surface area contributed by atoms with Crippen LogP contribution in [0.2, 0.25) is 5.02 Å². The first-order valence-corrected chi connectivity index (χ1v) is 4.24. The molecule has 0 N–H and O–H groups in total. The van der Waals surface area contributed by atoms with E-state index in [1.165, 1.54) is 12.1 Å². The van der Waals surface area contributed by atoms with Gasteiger partial charge in [-0.3, -0.25) is 0 Å². The molecular formula is C10H5ClO3. The number of fused-ring (bicyclic) bond motifs is 1. The zero-order valence-corrected chi connectivity index (χ0v) is 7.80. The van der Waals surface area contributed by atoms with Gasteiger partial charge in [0.1, 0.15) is 0 Å². The molecule has 2 rings (SSSR count). The molecule has 3 nitrogen and oxygen atoms in total. The molecule has 14 heavy (non-hydrogen) atoms. The van der Waals surface area contributed by atoms with Gasteiger partial charge in [-0.25, -0.2) is 9.59 Å². The maximum atomic E-state index is 11.2. The Hall–Kier alpha value is -1.61. The molecule has 0 bridgehead atoms. The van der Waals surface area contributed by atoms with Gasteiger partial charge in [-0.2, -0.15) is 0 Å². The van der Waals surface area contributed by atoms with Crippen LogP contribution in [-0.4, -0.2) is 11.9 Å². The second-order valence-electron chi connectivity index (χ2n) is 2.77. The van der Waals surface area contributed by atoms with Crippen molar-refractivity contribution in [3.05, 3.63) is 40.4 Å². The zero-order valence-electron chi connectivity index (χ0n) is 7.04. The fraction of sp³-hybridized carbons (Fsp3) is 0. The molecule has 0 atom stereocenters. The SMILES string of the molecule is C=Cc1ccc2c(c1Cl)C(=O)OC2=O. The third-order valence-corrected chi connectivity index (χ3v) is 2.41. The van der Waals surface area contributed by atoms with Crippen LogP contribution in [-0.2, 0) is 4.74 Å². The van der Waals surface area contributed by atoms with E-state index in [9.17, 15) is 9.59 Å². The lowest BCUT2D eigenvalue weighted by molar-refractivity contribution is 0.0444. The van der Waals surface area contributed by atoms with Crippen LogP contribution in [0.15, 0.2) is 18.7 Å². The lowest BCUT2D eigenvalue weighted by Gasteiger charge is -2.00. The Balaban J connectivity index is 2.76. The average Bonchev–Trinajstić information content (AvgIpc) is 2.44. The number of esters is 2. The Labute approximate surface area is 84.9 Å². The van der Waals surface area contributed by atoms with Crippen molar-refractivity contribution >= 4 is 29.6 Å². The second-order valence-corrected chi connectivity index (χ2v) is 3.15. The van der Waals surface area contributed by atoms with Gasteiger partial charge < -0.3 is 4.74 Å². The van der Waals surface area contributed by atoms with Crippen LogP contribution >= 0.6 is 11.6 Å². The van der Waals surface area contributed by atoms with Gasteiger partial charge in [0.05, 0.1) is 16.1 Å². The summed E-state index contributed by atoms with van der Waals surface area (Å²) in [5.41, 5.74) is 0.955. The van der Waals surface area contributed by atoms with Gasteiger partial charge in [-0.05, 0) is 11.6 Å². The van der Waals surface area contributed by atoms with Gasteiger partial charge in [0.2, 0.25) is 0 Å². The summed E-state index contributed by atoms with van der Waals surface area (Å²) in [5.74, 6) is -1.35. The van der Waals surface area contributed by atoms with Crippen molar-refractivity contribution in [3.8, 4) is 0 Å². The fourth-order valence-electron chi connectivity index (χ4n) is 1.31. The van der Waals surface area contributed by atoms with Crippen LogP contribution in [0.3, 0.4) is 0 Å². The summed E-state index contributed by atoms with van der Waals surface area (Å²) in [6.07, 6.45) is 1.51. The molecule has 0 saturated heterocycles. The Morgan fingerprint density at radius 1 is 1.29 bits per heavy atom. The number of carbonyl (C=O) groups is 2. The summed E-state index contributed by atoms with van der Waals surface area (Å²) in [4.78, 5) is 22.3. The van der Waals surface area contributed by atoms with Crippen LogP contribution < -0.4 is 0 Å². The van der Waals surface area contributed by atoms with E-state index in [1.807, 2.05) is 0 Å². The van der Waals surface area contributed by atoms with E-state index >= 15 is 0 Å². The summed E-state index contributed by atoms with van der Waals surface area (Å²) in [6, 6.07) is 3.12. The van der Waals surface area contributed by atoms with Crippen LogP contribution in [0.4, 0.5) is 0 Å². The number of halogens is 1. The minimum Gasteiger partial charge on any atom is -0.386 e. The highest BCUT2D eigenvalue weighted by atomic mass is 35.5. The Bertz CT molecular complexity index is 463. The van der Waals surface area contributed by atoms with Crippen molar-refractivity contribution in [1.29, 1.82) is 0 Å². The monoisotopic (exact) mass is 208 g/mol. The number of ether oxygens (including phenoxy) is 1. The lowest BCUT2D eigenvalue weighted by Crippen LogP contribution is -1.97. The van der Waals surface area contributed by atoms with Crippen LogP contribution in [0, 0.1) is 0 Å². The predicted octanol–water partition coefficient (Wildman–Crippen LogP) is 2.29. The van der Waals surface area contributed by atoms with Gasteiger partial charge in [-0.15, -0.1) is 0 Å². The molecule has 0 radical (unpaired) electrons. The smallest absolute Gasteiger partial charge is 0.348 e. The van der Waals surface area contributed by atoms with E-state index < -0.39 is 11.9 Å². The highest BCUT2D eigenvalue weighted by Gasteiger charge is 2.32. The molecule has 0 spiro atoms. The molecule has 70 valence electrons. The molecule has 0 saturated carbocycles. The molecule has 1 aliphatic rings. The highest BCUT2D eigenvalue weighted by molar-refractivity contribution is 6.37. The van der Waals surface area contributed by atoms with Gasteiger partial charge in [-0.1, -0.05) is 30.3 Å². The Kier molecular flexibility index (Phi) is 1.89. The molecule has 0 aromatic heterocycles. The van der Waals surface area contributed by atoms with Crippen LogP contribution in [0.25, 0.3) is 6.08 Å². The van der Waals surface area contributed by atoms with Crippen molar-refractivity contribution in [2.45, 2.75) is 0 Å². The molecule has 0 amide bonds. The van der Waals surface area contributed by atoms with E-state index in [4.69, 9.17) is 11.6 Å². The minimum atomic E-state index is -0.696. The molecule has 0 unspecified atom stereocenters. The summed E-state index contributed by atoms with van der Waals surface area (Å²) in [5, 5.41) is 0.216. The third kappa shape index (κ3) is 1.06. The van der Waals surface area contributed by atoms with Gasteiger partial charge in [0.15, 0.2) is 0 Å². The number of hydrogen-bond donors (Lipinski definition) is 0. The Morgan fingerprint density at radius 2 is 2.00 bits per heavy atom. The molecular weight excluding hydrogens is 204 g/mol. The van der Waals surface area contributed by atoms with Crippen LogP contribution in [0.1, 0.15) is 26.3 Å². The van der Waals surface area contributed by atoms with Gasteiger partial charge in [0, 0.05) is 0 Å². The first kappa shape index (κ1) is 8.97. The number of hydrogen-bond acceptors (Lipinski definition) is 3. The molecule has 1 aliphatic heterocycles. The predicted molar refractivity (Wildman–Crippen MR) is 51.3 cm³/mol. The van der Waals surface area contributed by atoms with E-state index in [1.54, 1.807) is 6.07 Å². The van der Waals surface area contributed by atoms with E-state index in [2.05, 4.69) is 11.3 Å². The normalized spacial score (nSPS) is 13.8. The zero-order chi connectivity index (χ0) is 10.3. The lowest BCUT2D eigenvalue weighted by atomic mass is 10.1. The molecule has 4 heteroatoms. The van der Waals surface area contributed by atoms with Crippen molar-refractivity contribution in [1.82, 2.24) is 0 Å². The largest absolute Gasteiger partial charge is 0.386 e. The first-order chi connectivity index (χ1) is 6.65. The molecule has 0 aliphatic carbocycles. The summed E-state index contributed by atoms with van der Waals surface area (Å²) in [7, 11) is 0. The number of cyclic esters (lactones) is 2. The van der Waals surface area contributed by atoms with Crippen molar-refractivity contribution in [2.75, 3.05) is 0 Å². The van der Waals surface area contributed by atoms with Gasteiger partial charge >= 0.3 is 11.9 Å². The summed E-state index contributed by atoms with van der Waals surface area (Å²) in [6.45, 7) is 3.54. The van der Waals surface area contributed by atoms with E-state index in [0.717, 1.165) is 0 Å². The minimum absolute atomic E-state index is 0.133. The van der Waals surface area contributed by atoms with Crippen molar-refractivity contribution in [3.63, 3.8) is 0 Å². The fourth-order valence-corrected chi connectivity index (χ4v) is 1.63. The Morgan fingerprint density at radius 3 is 2.64 bits per heavy atom. The number of carbonyl (C=O) groups excluding carboxylic acids is 2. The third-order valence-electron chi connectivity index (χ3n) is 2.00. The second kappa shape index (κ2) is 2.96. The maximum absolute atomic E-state index is 11.2. The first-order valence-electron chi connectivity index (χ1n) is 3.86. The van der Waals surface area contributed by atoms with Gasteiger partial charge in [0.25, 0.3) is 0 Å². The van der Waals surface area contributed by atoms with Crippen molar-refractivity contribution < 1.29 is 14.3 Å². The highest BCUT2D eigenvalue weighted by Crippen LogP contribution is 2.30. The van der Waals surface area contributed by atoms with E-state index in [0.29, 0.717) is 5.56 Å². The topological polar surface area (TPSA) is 43.4 Å². The molecule has 1 heterocycles. The van der Waals surface area contributed by atoms with Crippen LogP contribution in [0.5, 0.6) is 0 Å². The standard InChI is InChI=1S/C10H5ClO3/c1-2-5-3-4-6-7(8(5)11)10(13)14-9(6)12/h2-4H,1H2. The number of rotatable bonds is 1. The molecule has 0 fully saturated rings. The average molecular weight is 209 g/mol.